The second-order valence-electron chi connectivity index (χ2n) is 5.74. The van der Waals surface area contributed by atoms with Gasteiger partial charge in [0.25, 0.3) is 0 Å². The van der Waals surface area contributed by atoms with E-state index in [1.165, 1.54) is 7.11 Å². The van der Waals surface area contributed by atoms with Crippen molar-refractivity contribution in [3.05, 3.63) is 57.4 Å². The monoisotopic (exact) mass is 394 g/mol. The summed E-state index contributed by atoms with van der Waals surface area (Å²) in [4.78, 5) is 25.3. The topological polar surface area (TPSA) is 99.9 Å². The molecule has 1 aliphatic heterocycles. The lowest BCUT2D eigenvalue weighted by Gasteiger charge is -2.31. The quantitative estimate of drug-likeness (QED) is 0.540. The van der Waals surface area contributed by atoms with Crippen LogP contribution in [0.5, 0.6) is 0 Å². The number of carbonyl (C=O) groups is 2. The molecule has 7 nitrogen and oxygen atoms in total. The summed E-state index contributed by atoms with van der Waals surface area (Å²) in [6, 6.07) is 7.01. The molecule has 1 unspecified atom stereocenters. The number of halogens is 1. The van der Waals surface area contributed by atoms with Gasteiger partial charge in [0, 0.05) is 10.7 Å². The lowest BCUT2D eigenvalue weighted by Crippen LogP contribution is -2.35. The van der Waals surface area contributed by atoms with E-state index in [1.54, 1.807) is 38.1 Å². The number of hydrogen-bond donors (Lipinski definition) is 2. The molecule has 3 N–H and O–H groups in total. The minimum Gasteiger partial charge on any atom is -0.466 e. The first-order valence-corrected chi connectivity index (χ1v) is 8.82. The maximum Gasteiger partial charge on any atom is 0.336 e. The lowest BCUT2D eigenvalue weighted by molar-refractivity contribution is -0.139. The Kier molecular flexibility index (Phi) is 7.41. The van der Waals surface area contributed by atoms with E-state index in [0.29, 0.717) is 22.0 Å². The van der Waals surface area contributed by atoms with Crippen LogP contribution in [0.3, 0.4) is 0 Å². The van der Waals surface area contributed by atoms with Gasteiger partial charge in [0.2, 0.25) is 0 Å². The molecule has 0 saturated heterocycles. The van der Waals surface area contributed by atoms with Gasteiger partial charge in [-0.15, -0.1) is 0 Å². The van der Waals surface area contributed by atoms with E-state index in [2.05, 4.69) is 5.32 Å². The van der Waals surface area contributed by atoms with Crippen LogP contribution in [0.2, 0.25) is 5.02 Å². The number of allylic oxidation sites excluding steroid dienone is 1. The molecule has 0 radical (unpaired) electrons. The third kappa shape index (κ3) is 4.50. The molecule has 146 valence electrons. The molecule has 1 aromatic carbocycles. The Bertz CT molecular complexity index is 788. The van der Waals surface area contributed by atoms with Gasteiger partial charge in [-0.25, -0.2) is 9.59 Å². The molecule has 0 aliphatic carbocycles. The zero-order valence-electron chi connectivity index (χ0n) is 15.5. The van der Waals surface area contributed by atoms with E-state index < -0.39 is 17.9 Å². The predicted molar refractivity (Wildman–Crippen MR) is 101 cm³/mol. The molecule has 2 rings (SSSR count). The number of ether oxygens (including phenoxy) is 3. The Morgan fingerprint density at radius 2 is 1.93 bits per heavy atom. The van der Waals surface area contributed by atoms with Crippen LogP contribution in [0.1, 0.15) is 25.3 Å². The fourth-order valence-corrected chi connectivity index (χ4v) is 3.27. The molecule has 1 heterocycles. The van der Waals surface area contributed by atoms with Crippen molar-refractivity contribution >= 4 is 23.5 Å². The molecule has 0 bridgehead atoms. The number of carbonyl (C=O) groups excluding carboxylic acids is 2. The Morgan fingerprint density at radius 1 is 1.22 bits per heavy atom. The molecule has 0 spiro atoms. The van der Waals surface area contributed by atoms with Gasteiger partial charge in [0.05, 0.1) is 49.8 Å². The van der Waals surface area contributed by atoms with Crippen LogP contribution in [0, 0.1) is 0 Å². The minimum absolute atomic E-state index is 0.0231. The highest BCUT2D eigenvalue weighted by Crippen LogP contribution is 2.41. The highest BCUT2D eigenvalue weighted by Gasteiger charge is 2.39. The van der Waals surface area contributed by atoms with Crippen molar-refractivity contribution in [2.75, 3.05) is 27.1 Å². The van der Waals surface area contributed by atoms with Crippen molar-refractivity contribution in [3.8, 4) is 0 Å². The molecule has 0 fully saturated rings. The van der Waals surface area contributed by atoms with Gasteiger partial charge < -0.3 is 25.3 Å². The van der Waals surface area contributed by atoms with E-state index in [1.807, 2.05) is 0 Å². The molecule has 1 atom stereocenters. The van der Waals surface area contributed by atoms with E-state index in [0.717, 1.165) is 0 Å². The smallest absolute Gasteiger partial charge is 0.336 e. The maximum absolute atomic E-state index is 12.8. The summed E-state index contributed by atoms with van der Waals surface area (Å²) in [5.74, 6) is -1.90. The summed E-state index contributed by atoms with van der Waals surface area (Å²) in [6.45, 7) is 3.64. The maximum atomic E-state index is 12.8. The Hall–Kier alpha value is -2.35. The first-order chi connectivity index (χ1) is 13.0. The van der Waals surface area contributed by atoms with E-state index in [-0.39, 0.29) is 31.1 Å². The Morgan fingerprint density at radius 3 is 2.52 bits per heavy atom. The van der Waals surface area contributed by atoms with E-state index >= 15 is 0 Å². The average Bonchev–Trinajstić information content (AvgIpc) is 2.65. The number of hydrogen-bond acceptors (Lipinski definition) is 7. The molecule has 1 aromatic rings. The standard InChI is InChI=1S/C19H23ClN2O5/c1-4-27-19(24)17-14(9-26-10-21)22-11(2)15(18(23)25-3)16(17)12-7-5-6-8-13(12)20/h5-8,16,22H,4,9-10,21H2,1-3H3. The number of esters is 2. The van der Waals surface area contributed by atoms with Gasteiger partial charge in [-0.05, 0) is 25.5 Å². The first-order valence-electron chi connectivity index (χ1n) is 8.44. The first kappa shape index (κ1) is 21.0. The summed E-state index contributed by atoms with van der Waals surface area (Å²) in [7, 11) is 1.28. The third-order valence-corrected chi connectivity index (χ3v) is 4.47. The number of rotatable bonds is 7. The summed E-state index contributed by atoms with van der Waals surface area (Å²) in [5.41, 5.74) is 7.55. The van der Waals surface area contributed by atoms with Crippen LogP contribution in [-0.2, 0) is 23.8 Å². The van der Waals surface area contributed by atoms with Gasteiger partial charge in [0.1, 0.15) is 0 Å². The number of nitrogens with one attached hydrogen (secondary N) is 1. The summed E-state index contributed by atoms with van der Waals surface area (Å²) < 4.78 is 15.5. The van der Waals surface area contributed by atoms with Gasteiger partial charge in [-0.1, -0.05) is 29.8 Å². The number of dihydropyridines is 1. The van der Waals surface area contributed by atoms with E-state index in [9.17, 15) is 9.59 Å². The van der Waals surface area contributed by atoms with Gasteiger partial charge in [-0.2, -0.15) is 0 Å². The Labute approximate surface area is 163 Å². The average molecular weight is 395 g/mol. The molecule has 0 aromatic heterocycles. The van der Waals surface area contributed by atoms with Crippen LogP contribution in [0.4, 0.5) is 0 Å². The van der Waals surface area contributed by atoms with Crippen LogP contribution in [0.15, 0.2) is 46.8 Å². The van der Waals surface area contributed by atoms with Crippen molar-refractivity contribution in [1.29, 1.82) is 0 Å². The SMILES string of the molecule is CCOC(=O)C1=C(COCN)NC(C)=C(C(=O)OC)C1c1ccccc1Cl. The summed E-state index contributed by atoms with van der Waals surface area (Å²) in [6.07, 6.45) is 0. The Balaban J connectivity index is 2.72. The van der Waals surface area contributed by atoms with Crippen LogP contribution in [-0.4, -0.2) is 39.0 Å². The predicted octanol–water partition coefficient (Wildman–Crippen LogP) is 2.22. The summed E-state index contributed by atoms with van der Waals surface area (Å²) in [5, 5.41) is 3.48. The van der Waals surface area contributed by atoms with Gasteiger partial charge in [0.15, 0.2) is 0 Å². The van der Waals surface area contributed by atoms with Gasteiger partial charge >= 0.3 is 11.9 Å². The van der Waals surface area contributed by atoms with Crippen molar-refractivity contribution < 1.29 is 23.8 Å². The molecular weight excluding hydrogens is 372 g/mol. The minimum atomic E-state index is -0.761. The van der Waals surface area contributed by atoms with Crippen LogP contribution >= 0.6 is 11.6 Å². The fourth-order valence-electron chi connectivity index (χ4n) is 3.02. The molecule has 8 heteroatoms. The molecule has 1 aliphatic rings. The highest BCUT2D eigenvalue weighted by atomic mass is 35.5. The molecule has 27 heavy (non-hydrogen) atoms. The number of nitrogens with two attached hydrogens (primary N) is 1. The van der Waals surface area contributed by atoms with Crippen LogP contribution < -0.4 is 11.1 Å². The molecule has 0 amide bonds. The number of methoxy groups -OCH3 is 1. The molecular formula is C19H23ClN2O5. The van der Waals surface area contributed by atoms with Crippen LogP contribution in [0.25, 0.3) is 0 Å². The summed E-state index contributed by atoms with van der Waals surface area (Å²) >= 11 is 6.40. The van der Waals surface area contributed by atoms with Crippen molar-refractivity contribution in [1.82, 2.24) is 5.32 Å². The lowest BCUT2D eigenvalue weighted by atomic mass is 9.80. The zero-order valence-corrected chi connectivity index (χ0v) is 16.3. The second kappa shape index (κ2) is 9.55. The van der Waals surface area contributed by atoms with Crippen molar-refractivity contribution in [2.45, 2.75) is 19.8 Å². The largest absolute Gasteiger partial charge is 0.466 e. The zero-order chi connectivity index (χ0) is 20.0. The second-order valence-corrected chi connectivity index (χ2v) is 6.14. The van der Waals surface area contributed by atoms with Gasteiger partial charge in [-0.3, -0.25) is 0 Å². The van der Waals surface area contributed by atoms with Crippen molar-refractivity contribution in [3.63, 3.8) is 0 Å². The number of benzene rings is 1. The van der Waals surface area contributed by atoms with E-state index in [4.69, 9.17) is 31.5 Å². The van der Waals surface area contributed by atoms with Crippen molar-refractivity contribution in [2.24, 2.45) is 5.73 Å². The third-order valence-electron chi connectivity index (χ3n) is 4.13. The highest BCUT2D eigenvalue weighted by molar-refractivity contribution is 6.31. The fraction of sp³-hybridized carbons (Fsp3) is 0.368. The normalized spacial score (nSPS) is 16.9. The molecule has 0 saturated carbocycles.